The molecule has 1 aromatic carbocycles. The standard InChI is InChI=1S/C19H22N2OS/c22-19-17-15-10-4-5-11-16(15)23-18(17)20-13-21(19)12-6-9-14-7-2-1-3-8-14/h1-3,7-8,20H,4-6,9-13H2. The van der Waals surface area contributed by atoms with Crippen LogP contribution in [0.1, 0.15) is 45.6 Å². The zero-order valence-electron chi connectivity index (χ0n) is 13.3. The summed E-state index contributed by atoms with van der Waals surface area (Å²) in [6, 6.07) is 10.5. The maximum absolute atomic E-state index is 12.9. The summed E-state index contributed by atoms with van der Waals surface area (Å²) in [4.78, 5) is 16.3. The van der Waals surface area contributed by atoms with E-state index in [1.807, 2.05) is 11.0 Å². The van der Waals surface area contributed by atoms with Gasteiger partial charge in [-0.2, -0.15) is 0 Å². The highest BCUT2D eigenvalue weighted by Gasteiger charge is 2.31. The van der Waals surface area contributed by atoms with E-state index in [4.69, 9.17) is 0 Å². The number of carbonyl (C=O) groups is 1. The normalized spacial score (nSPS) is 16.7. The van der Waals surface area contributed by atoms with Crippen LogP contribution in [0.15, 0.2) is 30.3 Å². The molecule has 1 aromatic heterocycles. The molecule has 0 bridgehead atoms. The minimum absolute atomic E-state index is 0.242. The van der Waals surface area contributed by atoms with Gasteiger partial charge in [-0.15, -0.1) is 11.3 Å². The van der Waals surface area contributed by atoms with E-state index in [9.17, 15) is 4.79 Å². The van der Waals surface area contributed by atoms with E-state index in [1.165, 1.54) is 28.8 Å². The number of fused-ring (bicyclic) bond motifs is 3. The number of rotatable bonds is 4. The van der Waals surface area contributed by atoms with Gasteiger partial charge in [0.15, 0.2) is 0 Å². The molecule has 2 aliphatic rings. The van der Waals surface area contributed by atoms with Gasteiger partial charge in [0, 0.05) is 11.4 Å². The molecule has 23 heavy (non-hydrogen) atoms. The minimum atomic E-state index is 0.242. The second kappa shape index (κ2) is 6.36. The first-order valence-corrected chi connectivity index (χ1v) is 9.36. The van der Waals surface area contributed by atoms with Crippen LogP contribution in [-0.4, -0.2) is 24.0 Å². The number of hydrogen-bond donors (Lipinski definition) is 1. The first-order valence-electron chi connectivity index (χ1n) is 8.54. The van der Waals surface area contributed by atoms with E-state index in [0.29, 0.717) is 6.67 Å². The average molecular weight is 326 g/mol. The Kier molecular flexibility index (Phi) is 4.08. The number of anilines is 1. The maximum Gasteiger partial charge on any atom is 0.258 e. The molecule has 2 aromatic rings. The summed E-state index contributed by atoms with van der Waals surface area (Å²) in [5.41, 5.74) is 3.66. The summed E-state index contributed by atoms with van der Waals surface area (Å²) in [6.07, 6.45) is 6.75. The van der Waals surface area contributed by atoms with Gasteiger partial charge in [0.1, 0.15) is 5.00 Å². The molecule has 120 valence electrons. The fourth-order valence-corrected chi connectivity index (χ4v) is 4.88. The Morgan fingerprint density at radius 3 is 2.83 bits per heavy atom. The van der Waals surface area contributed by atoms with Crippen molar-refractivity contribution in [3.63, 3.8) is 0 Å². The largest absolute Gasteiger partial charge is 0.359 e. The molecule has 0 atom stereocenters. The van der Waals surface area contributed by atoms with Crippen molar-refractivity contribution in [1.29, 1.82) is 0 Å². The highest BCUT2D eigenvalue weighted by atomic mass is 32.1. The van der Waals surface area contributed by atoms with Crippen LogP contribution in [0.5, 0.6) is 0 Å². The molecule has 0 saturated heterocycles. The fourth-order valence-electron chi connectivity index (χ4n) is 3.61. The molecule has 1 aliphatic heterocycles. The molecule has 1 aliphatic carbocycles. The molecule has 0 saturated carbocycles. The monoisotopic (exact) mass is 326 g/mol. The van der Waals surface area contributed by atoms with Crippen molar-refractivity contribution in [2.24, 2.45) is 0 Å². The average Bonchev–Trinajstić information content (AvgIpc) is 2.97. The van der Waals surface area contributed by atoms with Gasteiger partial charge in [-0.3, -0.25) is 4.79 Å². The minimum Gasteiger partial charge on any atom is -0.359 e. The number of aryl methyl sites for hydroxylation is 2. The van der Waals surface area contributed by atoms with E-state index in [-0.39, 0.29) is 5.91 Å². The third-order valence-electron chi connectivity index (χ3n) is 4.84. The Labute approximate surface area is 141 Å². The summed E-state index contributed by atoms with van der Waals surface area (Å²) in [5, 5.41) is 4.58. The van der Waals surface area contributed by atoms with Crippen molar-refractivity contribution < 1.29 is 4.79 Å². The highest BCUT2D eigenvalue weighted by molar-refractivity contribution is 7.16. The van der Waals surface area contributed by atoms with Crippen molar-refractivity contribution >= 4 is 22.2 Å². The molecule has 0 unspecified atom stereocenters. The number of amides is 1. The zero-order valence-corrected chi connectivity index (χ0v) is 14.1. The van der Waals surface area contributed by atoms with Crippen LogP contribution in [0.2, 0.25) is 0 Å². The van der Waals surface area contributed by atoms with Crippen molar-refractivity contribution in [2.75, 3.05) is 18.5 Å². The van der Waals surface area contributed by atoms with E-state index in [0.717, 1.165) is 42.8 Å². The lowest BCUT2D eigenvalue weighted by molar-refractivity contribution is 0.0756. The number of carbonyl (C=O) groups excluding carboxylic acids is 1. The summed E-state index contributed by atoms with van der Waals surface area (Å²) in [5.74, 6) is 0.242. The van der Waals surface area contributed by atoms with Crippen LogP contribution in [0.3, 0.4) is 0 Å². The number of nitrogens with one attached hydrogen (secondary N) is 1. The SMILES string of the molecule is O=C1c2c(sc3c2CCCC3)NCN1CCCc1ccccc1. The number of benzene rings is 1. The van der Waals surface area contributed by atoms with Crippen LogP contribution in [0, 0.1) is 0 Å². The lowest BCUT2D eigenvalue weighted by atomic mass is 9.94. The molecule has 0 fully saturated rings. The molecule has 1 N–H and O–H groups in total. The molecule has 0 radical (unpaired) electrons. The van der Waals surface area contributed by atoms with Gasteiger partial charge < -0.3 is 10.2 Å². The Morgan fingerprint density at radius 2 is 1.96 bits per heavy atom. The number of hydrogen-bond acceptors (Lipinski definition) is 3. The molecule has 4 heteroatoms. The van der Waals surface area contributed by atoms with E-state index in [1.54, 1.807) is 11.3 Å². The second-order valence-corrected chi connectivity index (χ2v) is 7.51. The van der Waals surface area contributed by atoms with Gasteiger partial charge in [0.05, 0.1) is 12.2 Å². The van der Waals surface area contributed by atoms with Gasteiger partial charge in [0.2, 0.25) is 0 Å². The lowest BCUT2D eigenvalue weighted by Gasteiger charge is -2.28. The van der Waals surface area contributed by atoms with Crippen LogP contribution in [0.4, 0.5) is 5.00 Å². The van der Waals surface area contributed by atoms with Crippen molar-refractivity contribution in [1.82, 2.24) is 4.90 Å². The van der Waals surface area contributed by atoms with E-state index in [2.05, 4.69) is 29.6 Å². The number of thiophene rings is 1. The fraction of sp³-hybridized carbons (Fsp3) is 0.421. The van der Waals surface area contributed by atoms with Gasteiger partial charge in [0.25, 0.3) is 5.91 Å². The first kappa shape index (κ1) is 14.8. The molecule has 1 amide bonds. The van der Waals surface area contributed by atoms with Crippen molar-refractivity contribution in [3.8, 4) is 0 Å². The van der Waals surface area contributed by atoms with Gasteiger partial charge in [-0.05, 0) is 49.7 Å². The zero-order chi connectivity index (χ0) is 15.6. The Hall–Kier alpha value is -1.81. The molecular formula is C19H22N2OS. The Bertz CT molecular complexity index is 708. The van der Waals surface area contributed by atoms with Crippen LogP contribution < -0.4 is 5.32 Å². The van der Waals surface area contributed by atoms with Crippen LogP contribution >= 0.6 is 11.3 Å². The third kappa shape index (κ3) is 2.88. The molecule has 3 nitrogen and oxygen atoms in total. The predicted molar refractivity (Wildman–Crippen MR) is 95.3 cm³/mol. The molecular weight excluding hydrogens is 304 g/mol. The van der Waals surface area contributed by atoms with Crippen LogP contribution in [-0.2, 0) is 19.3 Å². The smallest absolute Gasteiger partial charge is 0.258 e. The molecule has 4 rings (SSSR count). The summed E-state index contributed by atoms with van der Waals surface area (Å²) < 4.78 is 0. The summed E-state index contributed by atoms with van der Waals surface area (Å²) >= 11 is 1.81. The van der Waals surface area contributed by atoms with E-state index < -0.39 is 0 Å². The quantitative estimate of drug-likeness (QED) is 0.918. The predicted octanol–water partition coefficient (Wildman–Crippen LogP) is 4.08. The number of nitrogens with zero attached hydrogens (tertiary/aromatic N) is 1. The summed E-state index contributed by atoms with van der Waals surface area (Å²) in [6.45, 7) is 1.48. The first-order chi connectivity index (χ1) is 11.3. The molecule has 0 spiro atoms. The summed E-state index contributed by atoms with van der Waals surface area (Å²) in [7, 11) is 0. The second-order valence-electron chi connectivity index (χ2n) is 6.41. The maximum atomic E-state index is 12.9. The van der Waals surface area contributed by atoms with Gasteiger partial charge >= 0.3 is 0 Å². The molecule has 2 heterocycles. The van der Waals surface area contributed by atoms with Crippen molar-refractivity contribution in [2.45, 2.75) is 38.5 Å². The lowest BCUT2D eigenvalue weighted by Crippen LogP contribution is -2.40. The van der Waals surface area contributed by atoms with Gasteiger partial charge in [-0.25, -0.2) is 0 Å². The topological polar surface area (TPSA) is 32.3 Å². The van der Waals surface area contributed by atoms with Crippen molar-refractivity contribution in [3.05, 3.63) is 51.9 Å². The highest BCUT2D eigenvalue weighted by Crippen LogP contribution is 2.40. The Balaban J connectivity index is 1.44. The Morgan fingerprint density at radius 1 is 1.13 bits per heavy atom. The van der Waals surface area contributed by atoms with E-state index >= 15 is 0 Å². The van der Waals surface area contributed by atoms with Gasteiger partial charge in [-0.1, -0.05) is 30.3 Å². The third-order valence-corrected chi connectivity index (χ3v) is 6.09. The van der Waals surface area contributed by atoms with Crippen LogP contribution in [0.25, 0.3) is 0 Å².